The van der Waals surface area contributed by atoms with Crippen LogP contribution in [0.2, 0.25) is 0 Å². The van der Waals surface area contributed by atoms with Crippen LogP contribution < -0.4 is 4.74 Å². The molecule has 5 nitrogen and oxygen atoms in total. The summed E-state index contributed by atoms with van der Waals surface area (Å²) in [6.45, 7) is 5.35. The number of aromatic nitrogens is 3. The average Bonchev–Trinajstić information content (AvgIpc) is 2.87. The fourth-order valence-electron chi connectivity index (χ4n) is 1.97. The van der Waals surface area contributed by atoms with E-state index in [4.69, 9.17) is 4.74 Å². The third-order valence-electron chi connectivity index (χ3n) is 2.85. The van der Waals surface area contributed by atoms with Crippen molar-refractivity contribution in [2.24, 2.45) is 0 Å². The van der Waals surface area contributed by atoms with Gasteiger partial charge in [-0.05, 0) is 31.0 Å². The standard InChI is InChI=1S/C14H19N3O2/c1-3-8-17-13(10-15-16-17)14(18)11-6-5-7-12(9-11)19-4-2/h5-7,9-10,14,18H,3-4,8H2,1-2H3. The number of rotatable bonds is 6. The molecular weight excluding hydrogens is 242 g/mol. The summed E-state index contributed by atoms with van der Waals surface area (Å²) < 4.78 is 7.18. The Morgan fingerprint density at radius 3 is 2.95 bits per heavy atom. The quantitative estimate of drug-likeness (QED) is 0.865. The summed E-state index contributed by atoms with van der Waals surface area (Å²) in [4.78, 5) is 0. The van der Waals surface area contributed by atoms with Gasteiger partial charge in [-0.3, -0.25) is 0 Å². The Bertz CT molecular complexity index is 525. The second kappa shape index (κ2) is 6.33. The van der Waals surface area contributed by atoms with Gasteiger partial charge in [0.15, 0.2) is 0 Å². The molecule has 0 aliphatic carbocycles. The van der Waals surface area contributed by atoms with Crippen molar-refractivity contribution in [1.82, 2.24) is 15.0 Å². The highest BCUT2D eigenvalue weighted by Crippen LogP contribution is 2.24. The van der Waals surface area contributed by atoms with Crippen molar-refractivity contribution in [3.63, 3.8) is 0 Å². The highest BCUT2D eigenvalue weighted by Gasteiger charge is 2.16. The van der Waals surface area contributed by atoms with E-state index in [0.717, 1.165) is 24.3 Å². The van der Waals surface area contributed by atoms with Gasteiger partial charge in [-0.2, -0.15) is 0 Å². The van der Waals surface area contributed by atoms with Crippen LogP contribution in [0.25, 0.3) is 0 Å². The van der Waals surface area contributed by atoms with E-state index in [0.29, 0.717) is 12.3 Å². The first-order chi connectivity index (χ1) is 9.26. The van der Waals surface area contributed by atoms with Crippen molar-refractivity contribution in [3.8, 4) is 5.75 Å². The second-order valence-electron chi connectivity index (χ2n) is 4.29. The molecule has 1 atom stereocenters. The summed E-state index contributed by atoms with van der Waals surface area (Å²) in [6, 6.07) is 7.47. The Hall–Kier alpha value is -1.88. The normalized spacial score (nSPS) is 12.4. The van der Waals surface area contributed by atoms with Crippen LogP contribution in [-0.2, 0) is 6.54 Å². The number of benzene rings is 1. The smallest absolute Gasteiger partial charge is 0.122 e. The first-order valence-electron chi connectivity index (χ1n) is 6.55. The van der Waals surface area contributed by atoms with Crippen LogP contribution in [0, 0.1) is 0 Å². The molecule has 0 saturated heterocycles. The second-order valence-corrected chi connectivity index (χ2v) is 4.29. The van der Waals surface area contributed by atoms with E-state index in [1.165, 1.54) is 0 Å². The molecule has 0 amide bonds. The fraction of sp³-hybridized carbons (Fsp3) is 0.429. The zero-order chi connectivity index (χ0) is 13.7. The number of aliphatic hydroxyl groups is 1. The summed E-state index contributed by atoms with van der Waals surface area (Å²) in [7, 11) is 0. The van der Waals surface area contributed by atoms with Crippen LogP contribution in [0.3, 0.4) is 0 Å². The maximum Gasteiger partial charge on any atom is 0.122 e. The number of hydrogen-bond donors (Lipinski definition) is 1. The van der Waals surface area contributed by atoms with Gasteiger partial charge in [0.2, 0.25) is 0 Å². The maximum atomic E-state index is 10.4. The highest BCUT2D eigenvalue weighted by atomic mass is 16.5. The van der Waals surface area contributed by atoms with E-state index < -0.39 is 6.10 Å². The molecule has 0 saturated carbocycles. The van der Waals surface area contributed by atoms with Gasteiger partial charge in [-0.1, -0.05) is 24.3 Å². The summed E-state index contributed by atoms with van der Waals surface area (Å²) in [5, 5.41) is 18.3. The molecule has 1 heterocycles. The molecule has 0 aliphatic rings. The Balaban J connectivity index is 2.25. The summed E-state index contributed by atoms with van der Waals surface area (Å²) in [5.74, 6) is 0.758. The zero-order valence-corrected chi connectivity index (χ0v) is 11.3. The third-order valence-corrected chi connectivity index (χ3v) is 2.85. The van der Waals surface area contributed by atoms with Gasteiger partial charge >= 0.3 is 0 Å². The zero-order valence-electron chi connectivity index (χ0n) is 11.3. The predicted octanol–water partition coefficient (Wildman–Crippen LogP) is 2.17. The molecule has 1 aromatic carbocycles. The molecule has 0 fully saturated rings. The molecule has 19 heavy (non-hydrogen) atoms. The number of ether oxygens (including phenoxy) is 1. The van der Waals surface area contributed by atoms with Crippen molar-refractivity contribution in [2.75, 3.05) is 6.61 Å². The van der Waals surface area contributed by atoms with Crippen molar-refractivity contribution in [3.05, 3.63) is 41.7 Å². The lowest BCUT2D eigenvalue weighted by Gasteiger charge is -2.13. The first-order valence-corrected chi connectivity index (χ1v) is 6.55. The van der Waals surface area contributed by atoms with E-state index in [9.17, 15) is 5.11 Å². The number of hydrogen-bond acceptors (Lipinski definition) is 4. The van der Waals surface area contributed by atoms with E-state index in [1.807, 2.05) is 31.2 Å². The maximum absolute atomic E-state index is 10.4. The summed E-state index contributed by atoms with van der Waals surface area (Å²) in [6.07, 6.45) is 1.82. The predicted molar refractivity (Wildman–Crippen MR) is 72.0 cm³/mol. The molecular formula is C14H19N3O2. The van der Waals surface area contributed by atoms with Crippen LogP contribution in [0.1, 0.15) is 37.6 Å². The van der Waals surface area contributed by atoms with Gasteiger partial charge in [0, 0.05) is 6.54 Å². The highest BCUT2D eigenvalue weighted by molar-refractivity contribution is 5.33. The van der Waals surface area contributed by atoms with Crippen molar-refractivity contribution >= 4 is 0 Å². The monoisotopic (exact) mass is 261 g/mol. The Morgan fingerprint density at radius 2 is 2.21 bits per heavy atom. The molecule has 1 N–H and O–H groups in total. The van der Waals surface area contributed by atoms with Crippen molar-refractivity contribution in [2.45, 2.75) is 32.9 Å². The molecule has 5 heteroatoms. The van der Waals surface area contributed by atoms with Gasteiger partial charge in [0.05, 0.1) is 18.5 Å². The molecule has 2 rings (SSSR count). The van der Waals surface area contributed by atoms with E-state index in [1.54, 1.807) is 10.9 Å². The minimum Gasteiger partial charge on any atom is -0.494 e. The van der Waals surface area contributed by atoms with Gasteiger partial charge in [-0.15, -0.1) is 5.10 Å². The van der Waals surface area contributed by atoms with Crippen LogP contribution in [0.5, 0.6) is 5.75 Å². The molecule has 0 bridgehead atoms. The molecule has 1 unspecified atom stereocenters. The summed E-state index contributed by atoms with van der Waals surface area (Å²) in [5.41, 5.74) is 1.49. The third kappa shape index (κ3) is 3.12. The summed E-state index contributed by atoms with van der Waals surface area (Å²) >= 11 is 0. The van der Waals surface area contributed by atoms with Crippen LogP contribution in [-0.4, -0.2) is 26.7 Å². The van der Waals surface area contributed by atoms with Crippen molar-refractivity contribution < 1.29 is 9.84 Å². The largest absolute Gasteiger partial charge is 0.494 e. The van der Waals surface area contributed by atoms with Crippen molar-refractivity contribution in [1.29, 1.82) is 0 Å². The molecule has 0 radical (unpaired) electrons. The minimum absolute atomic E-state index is 0.606. The minimum atomic E-state index is -0.734. The lowest BCUT2D eigenvalue weighted by Crippen LogP contribution is -2.10. The van der Waals surface area contributed by atoms with Gasteiger partial charge in [-0.25, -0.2) is 4.68 Å². The average molecular weight is 261 g/mol. The number of nitrogens with zero attached hydrogens (tertiary/aromatic N) is 3. The van der Waals surface area contributed by atoms with Crippen LogP contribution in [0.4, 0.5) is 0 Å². The number of aliphatic hydroxyl groups excluding tert-OH is 1. The topological polar surface area (TPSA) is 60.2 Å². The van der Waals surface area contributed by atoms with Gasteiger partial charge in [0.1, 0.15) is 11.9 Å². The molecule has 1 aromatic heterocycles. The molecule has 0 spiro atoms. The van der Waals surface area contributed by atoms with Gasteiger partial charge < -0.3 is 9.84 Å². The van der Waals surface area contributed by atoms with E-state index in [2.05, 4.69) is 17.2 Å². The fourth-order valence-corrected chi connectivity index (χ4v) is 1.97. The Morgan fingerprint density at radius 1 is 1.37 bits per heavy atom. The Labute approximate surface area is 112 Å². The lowest BCUT2D eigenvalue weighted by atomic mass is 10.1. The van der Waals surface area contributed by atoms with Crippen LogP contribution in [0.15, 0.2) is 30.5 Å². The molecule has 2 aromatic rings. The van der Waals surface area contributed by atoms with Crippen LogP contribution >= 0.6 is 0 Å². The SMILES string of the molecule is CCCn1nncc1C(O)c1cccc(OCC)c1. The lowest BCUT2D eigenvalue weighted by molar-refractivity contribution is 0.206. The Kier molecular flexibility index (Phi) is 4.52. The molecule has 0 aliphatic heterocycles. The first kappa shape index (κ1) is 13.5. The number of aryl methyl sites for hydroxylation is 1. The van der Waals surface area contributed by atoms with Gasteiger partial charge in [0.25, 0.3) is 0 Å². The van der Waals surface area contributed by atoms with E-state index >= 15 is 0 Å². The van der Waals surface area contributed by atoms with E-state index in [-0.39, 0.29) is 0 Å². The molecule has 102 valence electrons.